The number of rotatable bonds is 4. The van der Waals surface area contributed by atoms with Crippen molar-refractivity contribution in [3.05, 3.63) is 94.1 Å². The molecule has 3 aliphatic rings. The summed E-state index contributed by atoms with van der Waals surface area (Å²) in [5, 5.41) is 3.65. The smallest absolute Gasteiger partial charge is 0.261 e. The molecule has 28 heavy (non-hydrogen) atoms. The van der Waals surface area contributed by atoms with E-state index in [0.29, 0.717) is 16.5 Å². The van der Waals surface area contributed by atoms with Crippen molar-refractivity contribution in [2.24, 2.45) is 5.92 Å². The van der Waals surface area contributed by atoms with Crippen molar-refractivity contribution in [2.75, 3.05) is 5.32 Å². The molecule has 2 aromatic rings. The second-order valence-corrected chi connectivity index (χ2v) is 9.96. The Kier molecular flexibility index (Phi) is 4.21. The predicted octanol–water partition coefficient (Wildman–Crippen LogP) is 5.01. The highest BCUT2D eigenvalue weighted by atomic mass is 79.9. The Hall–Kier alpha value is -2.31. The van der Waals surface area contributed by atoms with Gasteiger partial charge < -0.3 is 5.32 Å². The second kappa shape index (κ2) is 6.64. The number of hydrogen-bond donors (Lipinski definition) is 2. The van der Waals surface area contributed by atoms with E-state index in [-0.39, 0.29) is 12.0 Å². The molecule has 5 rings (SSSR count). The van der Waals surface area contributed by atoms with Gasteiger partial charge in [0.25, 0.3) is 10.0 Å². The molecule has 1 heterocycles. The number of allylic oxidation sites excluding steroid dienone is 5. The van der Waals surface area contributed by atoms with Gasteiger partial charge in [-0.3, -0.25) is 4.72 Å². The summed E-state index contributed by atoms with van der Waals surface area (Å²) in [5.74, 6) is 0.583. The zero-order valence-corrected chi connectivity index (χ0v) is 17.4. The zero-order valence-electron chi connectivity index (χ0n) is 15.0. The van der Waals surface area contributed by atoms with Gasteiger partial charge in [0.15, 0.2) is 0 Å². The summed E-state index contributed by atoms with van der Waals surface area (Å²) in [6.07, 6.45) is 10.7. The first-order valence-corrected chi connectivity index (χ1v) is 11.5. The fourth-order valence-corrected chi connectivity index (χ4v) is 5.57. The highest BCUT2D eigenvalue weighted by Gasteiger charge is 2.38. The Labute approximate surface area is 173 Å². The van der Waals surface area contributed by atoms with Crippen molar-refractivity contribution < 1.29 is 8.42 Å². The predicted molar refractivity (Wildman–Crippen MR) is 114 cm³/mol. The van der Waals surface area contributed by atoms with Crippen LogP contribution in [-0.4, -0.2) is 8.42 Å². The minimum absolute atomic E-state index is 0.200. The summed E-state index contributed by atoms with van der Waals surface area (Å²) < 4.78 is 29.1. The van der Waals surface area contributed by atoms with Crippen LogP contribution in [0.3, 0.4) is 0 Å². The maximum absolute atomic E-state index is 12.7. The summed E-state index contributed by atoms with van der Waals surface area (Å²) in [6, 6.07) is 14.0. The molecule has 0 amide bonds. The van der Waals surface area contributed by atoms with E-state index < -0.39 is 10.0 Å². The van der Waals surface area contributed by atoms with Crippen LogP contribution in [-0.2, 0) is 10.0 Å². The molecule has 3 atom stereocenters. The van der Waals surface area contributed by atoms with Gasteiger partial charge in [0.1, 0.15) is 0 Å². The standard InChI is InChI=1S/C22H19BrN2O2S/c23-15-9-7-14(8-10-15)22-19-6-2-5-18(19)20-13-17(11-12-21(20)24-22)28(26,27)25-16-3-1-4-16/h1-5,7-13,18-19,22,24-25H,6H2. The van der Waals surface area contributed by atoms with Crippen LogP contribution in [0.5, 0.6) is 0 Å². The molecule has 0 saturated heterocycles. The molecular formula is C22H19BrN2O2S. The molecule has 2 aliphatic carbocycles. The lowest BCUT2D eigenvalue weighted by atomic mass is 9.77. The van der Waals surface area contributed by atoms with E-state index in [2.05, 4.69) is 62.4 Å². The zero-order chi connectivity index (χ0) is 19.3. The fraction of sp³-hybridized carbons (Fsp3) is 0.182. The Morgan fingerprint density at radius 2 is 1.89 bits per heavy atom. The first kappa shape index (κ1) is 17.8. The summed E-state index contributed by atoms with van der Waals surface area (Å²) in [5.41, 5.74) is 3.91. The minimum atomic E-state index is -3.58. The topological polar surface area (TPSA) is 58.2 Å². The molecular weight excluding hydrogens is 436 g/mol. The van der Waals surface area contributed by atoms with Crippen LogP contribution in [0.2, 0.25) is 0 Å². The van der Waals surface area contributed by atoms with Crippen LogP contribution in [0.25, 0.3) is 0 Å². The Bertz CT molecular complexity index is 1130. The largest absolute Gasteiger partial charge is 0.378 e. The van der Waals surface area contributed by atoms with Crippen LogP contribution in [0.1, 0.15) is 29.5 Å². The summed E-state index contributed by atoms with van der Waals surface area (Å²) in [4.78, 5) is 0.301. The quantitative estimate of drug-likeness (QED) is 0.638. The Morgan fingerprint density at radius 3 is 2.61 bits per heavy atom. The van der Waals surface area contributed by atoms with Crippen LogP contribution in [0.15, 0.2) is 87.9 Å². The van der Waals surface area contributed by atoms with Gasteiger partial charge in [0.05, 0.1) is 10.9 Å². The van der Waals surface area contributed by atoms with E-state index in [9.17, 15) is 8.42 Å². The molecule has 4 nitrogen and oxygen atoms in total. The lowest BCUT2D eigenvalue weighted by Crippen LogP contribution is -2.30. The summed E-state index contributed by atoms with van der Waals surface area (Å²) >= 11 is 3.50. The Balaban J connectivity index is 1.51. The maximum Gasteiger partial charge on any atom is 0.261 e. The van der Waals surface area contributed by atoms with Crippen LogP contribution < -0.4 is 10.0 Å². The second-order valence-electron chi connectivity index (χ2n) is 7.36. The highest BCUT2D eigenvalue weighted by Crippen LogP contribution is 2.50. The molecule has 0 bridgehead atoms. The first-order chi connectivity index (χ1) is 13.5. The molecule has 0 spiro atoms. The number of halogens is 1. The Morgan fingerprint density at radius 1 is 1.11 bits per heavy atom. The minimum Gasteiger partial charge on any atom is -0.378 e. The van der Waals surface area contributed by atoms with Crippen LogP contribution in [0, 0.1) is 5.92 Å². The van der Waals surface area contributed by atoms with Gasteiger partial charge in [-0.1, -0.05) is 46.3 Å². The third-order valence-corrected chi connectivity index (χ3v) is 7.59. The number of nitrogens with one attached hydrogen (secondary N) is 2. The molecule has 0 radical (unpaired) electrons. The van der Waals surface area contributed by atoms with Crippen molar-refractivity contribution in [2.45, 2.75) is 23.3 Å². The number of benzene rings is 2. The van der Waals surface area contributed by atoms with Crippen molar-refractivity contribution in [3.63, 3.8) is 0 Å². The molecule has 3 unspecified atom stereocenters. The third-order valence-electron chi connectivity index (χ3n) is 5.68. The number of hydrogen-bond acceptors (Lipinski definition) is 3. The van der Waals surface area contributed by atoms with Gasteiger partial charge in [0, 0.05) is 21.8 Å². The lowest BCUT2D eigenvalue weighted by molar-refractivity contribution is 0.425. The van der Waals surface area contributed by atoms with Gasteiger partial charge in [-0.2, -0.15) is 0 Å². The van der Waals surface area contributed by atoms with Gasteiger partial charge in [-0.15, -0.1) is 0 Å². The van der Waals surface area contributed by atoms with E-state index in [1.807, 2.05) is 18.2 Å². The first-order valence-electron chi connectivity index (χ1n) is 9.25. The van der Waals surface area contributed by atoms with E-state index >= 15 is 0 Å². The molecule has 2 aromatic carbocycles. The number of sulfonamides is 1. The van der Waals surface area contributed by atoms with Crippen molar-refractivity contribution in [1.29, 1.82) is 0 Å². The fourth-order valence-electron chi connectivity index (χ4n) is 4.21. The molecule has 142 valence electrons. The number of fused-ring (bicyclic) bond motifs is 3. The lowest BCUT2D eigenvalue weighted by Gasteiger charge is -2.37. The maximum atomic E-state index is 12.7. The molecule has 0 aromatic heterocycles. The van der Waals surface area contributed by atoms with Gasteiger partial charge in [0.2, 0.25) is 0 Å². The monoisotopic (exact) mass is 454 g/mol. The van der Waals surface area contributed by atoms with Crippen molar-refractivity contribution in [3.8, 4) is 0 Å². The average molecular weight is 455 g/mol. The average Bonchev–Trinajstić information content (AvgIpc) is 3.15. The van der Waals surface area contributed by atoms with E-state index in [0.717, 1.165) is 22.1 Å². The summed E-state index contributed by atoms with van der Waals surface area (Å²) in [6.45, 7) is 0. The SMILES string of the molecule is O=S(=O)(NC1=CC=C1)c1ccc2c(c1)C1C=CCC1C(c1ccc(Br)cc1)N2. The molecule has 2 N–H and O–H groups in total. The van der Waals surface area contributed by atoms with E-state index in [1.54, 1.807) is 18.2 Å². The molecule has 6 heteroatoms. The molecule has 0 fully saturated rings. The molecule has 0 saturated carbocycles. The van der Waals surface area contributed by atoms with E-state index in [1.165, 1.54) is 5.56 Å². The van der Waals surface area contributed by atoms with Gasteiger partial charge in [-0.05, 0) is 65.9 Å². The summed E-state index contributed by atoms with van der Waals surface area (Å²) in [7, 11) is -3.58. The highest BCUT2D eigenvalue weighted by molar-refractivity contribution is 9.10. The van der Waals surface area contributed by atoms with Gasteiger partial charge >= 0.3 is 0 Å². The number of anilines is 1. The third kappa shape index (κ3) is 3.01. The molecule has 1 aliphatic heterocycles. The van der Waals surface area contributed by atoms with Crippen molar-refractivity contribution >= 4 is 31.6 Å². The van der Waals surface area contributed by atoms with Crippen LogP contribution in [0.4, 0.5) is 5.69 Å². The van der Waals surface area contributed by atoms with Gasteiger partial charge in [-0.25, -0.2) is 8.42 Å². The van der Waals surface area contributed by atoms with Crippen LogP contribution >= 0.6 is 15.9 Å². The van der Waals surface area contributed by atoms with E-state index in [4.69, 9.17) is 0 Å². The normalized spacial score (nSPS) is 24.6. The van der Waals surface area contributed by atoms with Crippen molar-refractivity contribution in [1.82, 2.24) is 4.72 Å².